The highest BCUT2D eigenvalue weighted by molar-refractivity contribution is 5.81. The first-order chi connectivity index (χ1) is 11.7. The number of carbonyl (C=O) groups excluding carboxylic acids is 1. The van der Waals surface area contributed by atoms with Crippen molar-refractivity contribution in [3.05, 3.63) is 65.7 Å². The van der Waals surface area contributed by atoms with Gasteiger partial charge in [-0.15, -0.1) is 0 Å². The van der Waals surface area contributed by atoms with E-state index in [4.69, 9.17) is 4.74 Å². The second kappa shape index (κ2) is 7.49. The van der Waals surface area contributed by atoms with Crippen molar-refractivity contribution >= 4 is 5.91 Å². The number of rotatable bonds is 5. The summed E-state index contributed by atoms with van der Waals surface area (Å²) in [6, 6.07) is 18.1. The third-order valence-corrected chi connectivity index (χ3v) is 4.75. The van der Waals surface area contributed by atoms with Crippen LogP contribution in [0.2, 0.25) is 0 Å². The van der Waals surface area contributed by atoms with Crippen LogP contribution in [0.5, 0.6) is 5.75 Å². The lowest BCUT2D eigenvalue weighted by Crippen LogP contribution is -2.36. The Kier molecular flexibility index (Phi) is 5.16. The Morgan fingerprint density at radius 2 is 1.83 bits per heavy atom. The van der Waals surface area contributed by atoms with E-state index in [2.05, 4.69) is 22.8 Å². The lowest BCUT2D eigenvalue weighted by Gasteiger charge is -2.22. The van der Waals surface area contributed by atoms with Gasteiger partial charge in [0, 0.05) is 19.0 Å². The number of hydrogen-bond acceptors (Lipinski definition) is 3. The van der Waals surface area contributed by atoms with Gasteiger partial charge in [0.05, 0.1) is 19.1 Å². The Hall–Kier alpha value is -2.33. The van der Waals surface area contributed by atoms with Gasteiger partial charge in [-0.2, -0.15) is 0 Å². The molecule has 24 heavy (non-hydrogen) atoms. The van der Waals surface area contributed by atoms with Crippen molar-refractivity contribution in [2.45, 2.75) is 18.9 Å². The topological polar surface area (TPSA) is 50.4 Å². The molecule has 1 saturated heterocycles. The van der Waals surface area contributed by atoms with E-state index in [-0.39, 0.29) is 23.8 Å². The van der Waals surface area contributed by atoms with Gasteiger partial charge in [0.2, 0.25) is 5.91 Å². The predicted molar refractivity (Wildman–Crippen MR) is 95.1 cm³/mol. The van der Waals surface area contributed by atoms with Crippen LogP contribution in [0.4, 0.5) is 0 Å². The summed E-state index contributed by atoms with van der Waals surface area (Å²) in [7, 11) is 1.66. The number of benzene rings is 2. The fourth-order valence-corrected chi connectivity index (χ4v) is 3.30. The molecule has 126 valence electrons. The van der Waals surface area contributed by atoms with Crippen LogP contribution in [0.1, 0.15) is 30.0 Å². The molecule has 1 heterocycles. The molecule has 3 rings (SSSR count). The van der Waals surface area contributed by atoms with Crippen molar-refractivity contribution in [2.75, 3.05) is 20.2 Å². The fourth-order valence-electron chi connectivity index (χ4n) is 3.30. The number of carbonyl (C=O) groups is 1. The Morgan fingerprint density at radius 3 is 2.50 bits per heavy atom. The van der Waals surface area contributed by atoms with Crippen molar-refractivity contribution in [2.24, 2.45) is 5.92 Å². The van der Waals surface area contributed by atoms with Gasteiger partial charge in [0.15, 0.2) is 0 Å². The third-order valence-electron chi connectivity index (χ3n) is 4.75. The Balaban J connectivity index is 1.69. The summed E-state index contributed by atoms with van der Waals surface area (Å²) < 4.78 is 5.21. The SMILES string of the molecule is COc1ccc([C@@H]2CNC[C@H]2C(=O)N[C@@H](C)c2ccccc2)cc1. The normalized spacial score (nSPS) is 21.2. The van der Waals surface area contributed by atoms with E-state index in [9.17, 15) is 4.79 Å². The molecule has 0 radical (unpaired) electrons. The summed E-state index contributed by atoms with van der Waals surface area (Å²) in [5.74, 6) is 1.09. The van der Waals surface area contributed by atoms with Crippen molar-refractivity contribution in [1.82, 2.24) is 10.6 Å². The van der Waals surface area contributed by atoms with E-state index in [0.29, 0.717) is 6.54 Å². The molecule has 1 fully saturated rings. The largest absolute Gasteiger partial charge is 0.497 e. The minimum Gasteiger partial charge on any atom is -0.497 e. The first kappa shape index (κ1) is 16.5. The maximum Gasteiger partial charge on any atom is 0.225 e. The van der Waals surface area contributed by atoms with Gasteiger partial charge in [-0.05, 0) is 30.2 Å². The number of amides is 1. The molecule has 0 aromatic heterocycles. The van der Waals surface area contributed by atoms with E-state index in [1.54, 1.807) is 7.11 Å². The van der Waals surface area contributed by atoms with Crippen LogP contribution in [-0.2, 0) is 4.79 Å². The summed E-state index contributed by atoms with van der Waals surface area (Å²) in [4.78, 5) is 12.8. The van der Waals surface area contributed by atoms with Crippen LogP contribution in [0.3, 0.4) is 0 Å². The summed E-state index contributed by atoms with van der Waals surface area (Å²) in [6.07, 6.45) is 0. The van der Waals surface area contributed by atoms with Gasteiger partial charge in [-0.1, -0.05) is 42.5 Å². The summed E-state index contributed by atoms with van der Waals surface area (Å²) in [6.45, 7) is 3.56. The molecular formula is C20H24N2O2. The van der Waals surface area contributed by atoms with E-state index >= 15 is 0 Å². The monoisotopic (exact) mass is 324 g/mol. The Labute approximate surface area is 143 Å². The highest BCUT2D eigenvalue weighted by Gasteiger charge is 2.34. The Bertz CT molecular complexity index is 670. The second-order valence-electron chi connectivity index (χ2n) is 6.29. The molecule has 2 aromatic rings. The van der Waals surface area contributed by atoms with Crippen molar-refractivity contribution < 1.29 is 9.53 Å². The van der Waals surface area contributed by atoms with E-state index < -0.39 is 0 Å². The van der Waals surface area contributed by atoms with E-state index in [0.717, 1.165) is 17.9 Å². The first-order valence-electron chi connectivity index (χ1n) is 8.39. The number of nitrogens with one attached hydrogen (secondary N) is 2. The highest BCUT2D eigenvalue weighted by atomic mass is 16.5. The van der Waals surface area contributed by atoms with Crippen molar-refractivity contribution in [3.8, 4) is 5.75 Å². The zero-order chi connectivity index (χ0) is 16.9. The standard InChI is InChI=1S/C20H24N2O2/c1-14(15-6-4-3-5-7-15)22-20(23)19-13-21-12-18(19)16-8-10-17(24-2)11-9-16/h3-11,14,18-19,21H,12-13H2,1-2H3,(H,22,23)/t14-,18-,19+/m0/s1. The van der Waals surface area contributed by atoms with Crippen molar-refractivity contribution in [1.29, 1.82) is 0 Å². The smallest absolute Gasteiger partial charge is 0.225 e. The van der Waals surface area contributed by atoms with E-state index in [1.807, 2.05) is 49.4 Å². The van der Waals surface area contributed by atoms with Gasteiger partial charge >= 0.3 is 0 Å². The van der Waals surface area contributed by atoms with Crippen LogP contribution in [0.15, 0.2) is 54.6 Å². The first-order valence-corrected chi connectivity index (χ1v) is 8.39. The minimum atomic E-state index is -0.0513. The Morgan fingerprint density at radius 1 is 1.12 bits per heavy atom. The van der Waals surface area contributed by atoms with Gasteiger partial charge in [0.1, 0.15) is 5.75 Å². The third kappa shape index (κ3) is 3.60. The molecule has 0 spiro atoms. The van der Waals surface area contributed by atoms with Crippen LogP contribution >= 0.6 is 0 Å². The molecule has 4 heteroatoms. The highest BCUT2D eigenvalue weighted by Crippen LogP contribution is 2.30. The van der Waals surface area contributed by atoms with Crippen LogP contribution < -0.4 is 15.4 Å². The zero-order valence-corrected chi connectivity index (χ0v) is 14.2. The molecule has 0 bridgehead atoms. The summed E-state index contributed by atoms with van der Waals surface area (Å²) in [5.41, 5.74) is 2.30. The van der Waals surface area contributed by atoms with Crippen LogP contribution in [0.25, 0.3) is 0 Å². The van der Waals surface area contributed by atoms with Crippen LogP contribution in [-0.4, -0.2) is 26.1 Å². The molecule has 1 amide bonds. The number of hydrogen-bond donors (Lipinski definition) is 2. The van der Waals surface area contributed by atoms with E-state index in [1.165, 1.54) is 5.56 Å². The molecule has 1 aliphatic heterocycles. The molecule has 1 aliphatic rings. The maximum absolute atomic E-state index is 12.8. The molecule has 0 aliphatic carbocycles. The predicted octanol–water partition coefficient (Wildman–Crippen LogP) is 2.88. The minimum absolute atomic E-state index is 0.0100. The van der Waals surface area contributed by atoms with Crippen LogP contribution in [0, 0.1) is 5.92 Å². The zero-order valence-electron chi connectivity index (χ0n) is 14.2. The average Bonchev–Trinajstić information content (AvgIpc) is 3.12. The average molecular weight is 324 g/mol. The fraction of sp³-hybridized carbons (Fsp3) is 0.350. The molecule has 2 N–H and O–H groups in total. The quantitative estimate of drug-likeness (QED) is 0.889. The molecule has 3 atom stereocenters. The van der Waals surface area contributed by atoms with Gasteiger partial charge in [-0.25, -0.2) is 0 Å². The second-order valence-corrected chi connectivity index (χ2v) is 6.29. The van der Waals surface area contributed by atoms with Gasteiger partial charge < -0.3 is 15.4 Å². The lowest BCUT2D eigenvalue weighted by molar-refractivity contribution is -0.125. The molecular weight excluding hydrogens is 300 g/mol. The molecule has 2 aromatic carbocycles. The summed E-state index contributed by atoms with van der Waals surface area (Å²) in [5, 5.41) is 6.51. The van der Waals surface area contributed by atoms with Gasteiger partial charge in [0.25, 0.3) is 0 Å². The number of ether oxygens (including phenoxy) is 1. The number of methoxy groups -OCH3 is 1. The lowest BCUT2D eigenvalue weighted by atomic mass is 9.88. The molecule has 4 nitrogen and oxygen atoms in total. The maximum atomic E-state index is 12.8. The molecule has 0 unspecified atom stereocenters. The molecule has 0 saturated carbocycles. The van der Waals surface area contributed by atoms with Gasteiger partial charge in [-0.3, -0.25) is 4.79 Å². The van der Waals surface area contributed by atoms with Crippen molar-refractivity contribution in [3.63, 3.8) is 0 Å². The summed E-state index contributed by atoms with van der Waals surface area (Å²) >= 11 is 0.